The number of benzene rings is 3. The first-order valence-corrected chi connectivity index (χ1v) is 10.9. The van der Waals surface area contributed by atoms with Crippen LogP contribution in [0, 0.1) is 0 Å². The van der Waals surface area contributed by atoms with Gasteiger partial charge in [-0.1, -0.05) is 23.7 Å². The van der Waals surface area contributed by atoms with Crippen molar-refractivity contribution < 1.29 is 23.4 Å². The molecular weight excluding hydrogens is 500 g/mol. The lowest BCUT2D eigenvalue weighted by molar-refractivity contribution is -0.0175. The Morgan fingerprint density at radius 2 is 1.94 bits per heavy atom. The summed E-state index contributed by atoms with van der Waals surface area (Å²) < 4.78 is 29.0. The molecular formula is C24H16BrClO6. The zero-order valence-corrected chi connectivity index (χ0v) is 18.9. The third-order valence-corrected chi connectivity index (χ3v) is 5.79. The molecule has 4 aromatic rings. The lowest BCUT2D eigenvalue weighted by Crippen LogP contribution is -2.14. The van der Waals surface area contributed by atoms with Gasteiger partial charge >= 0.3 is 0 Å². The zero-order chi connectivity index (χ0) is 22.1. The Hall–Kier alpha value is -3.00. The van der Waals surface area contributed by atoms with E-state index in [4.69, 9.17) is 35.0 Å². The molecule has 0 amide bonds. The Kier molecular flexibility index (Phi) is 5.78. The van der Waals surface area contributed by atoms with Crippen molar-refractivity contribution in [2.75, 3.05) is 6.79 Å². The molecule has 0 radical (unpaired) electrons. The van der Waals surface area contributed by atoms with E-state index >= 15 is 0 Å². The highest BCUT2D eigenvalue weighted by atomic mass is 79.9. The van der Waals surface area contributed by atoms with Crippen LogP contribution in [0.15, 0.2) is 74.5 Å². The number of ether oxygens (including phenoxy) is 4. The first-order valence-electron chi connectivity index (χ1n) is 9.71. The molecule has 6 nitrogen and oxygen atoms in total. The van der Waals surface area contributed by atoms with Crippen LogP contribution in [0.3, 0.4) is 0 Å². The summed E-state index contributed by atoms with van der Waals surface area (Å²) in [5, 5.41) is 0.973. The summed E-state index contributed by atoms with van der Waals surface area (Å²) in [4.78, 5) is 12.8. The summed E-state index contributed by atoms with van der Waals surface area (Å²) in [5.41, 5.74) is 1.81. The van der Waals surface area contributed by atoms with Crippen LogP contribution in [0.4, 0.5) is 0 Å². The molecule has 0 spiro atoms. The molecule has 32 heavy (non-hydrogen) atoms. The first-order chi connectivity index (χ1) is 15.6. The number of halogens is 2. The van der Waals surface area contributed by atoms with Gasteiger partial charge in [-0.2, -0.15) is 0 Å². The maximum atomic E-state index is 12.8. The highest BCUT2D eigenvalue weighted by Crippen LogP contribution is 2.33. The van der Waals surface area contributed by atoms with Gasteiger partial charge in [-0.15, -0.1) is 0 Å². The number of hydrogen-bond acceptors (Lipinski definition) is 6. The van der Waals surface area contributed by atoms with Gasteiger partial charge in [0.2, 0.25) is 11.2 Å². The van der Waals surface area contributed by atoms with Gasteiger partial charge in [0.15, 0.2) is 6.79 Å². The normalized spacial score (nSPS) is 12.8. The lowest BCUT2D eigenvalue weighted by Gasteiger charge is -2.21. The monoisotopic (exact) mass is 514 g/mol. The van der Waals surface area contributed by atoms with Crippen LogP contribution >= 0.6 is 27.5 Å². The van der Waals surface area contributed by atoms with E-state index < -0.39 is 0 Å². The molecule has 0 unspecified atom stereocenters. The van der Waals surface area contributed by atoms with E-state index in [9.17, 15) is 4.79 Å². The van der Waals surface area contributed by atoms with E-state index in [-0.39, 0.29) is 24.6 Å². The van der Waals surface area contributed by atoms with Crippen LogP contribution in [0.1, 0.15) is 11.1 Å². The average Bonchev–Trinajstić information content (AvgIpc) is 2.80. The van der Waals surface area contributed by atoms with Crippen molar-refractivity contribution in [3.05, 3.63) is 91.7 Å². The largest absolute Gasteiger partial charge is 0.489 e. The summed E-state index contributed by atoms with van der Waals surface area (Å²) in [6, 6.07) is 15.9. The second-order valence-electron chi connectivity index (χ2n) is 7.07. The quantitative estimate of drug-likeness (QED) is 0.304. The molecule has 5 rings (SSSR count). The Labute approximate surface area is 196 Å². The highest BCUT2D eigenvalue weighted by molar-refractivity contribution is 9.10. The van der Waals surface area contributed by atoms with Crippen LogP contribution in [0.5, 0.6) is 23.0 Å². The molecule has 8 heteroatoms. The standard InChI is InChI=1S/C24H16BrClO6/c25-19-3-1-2-4-20(19)32-22-12-30-21-9-17(5-6-18(21)23(22)27)29-11-15-8-16(26)7-14-10-28-13-31-24(14)15/h1-9,12H,10-11,13H2. The molecule has 0 bridgehead atoms. The molecule has 0 aliphatic carbocycles. The van der Waals surface area contributed by atoms with Crippen molar-refractivity contribution in [1.29, 1.82) is 0 Å². The topological polar surface area (TPSA) is 67.1 Å². The van der Waals surface area contributed by atoms with Gasteiger partial charge in [0, 0.05) is 22.2 Å². The third-order valence-electron chi connectivity index (χ3n) is 4.92. The third kappa shape index (κ3) is 4.19. The van der Waals surface area contributed by atoms with Crippen molar-refractivity contribution in [1.82, 2.24) is 0 Å². The van der Waals surface area contributed by atoms with E-state index in [0.29, 0.717) is 34.1 Å². The highest BCUT2D eigenvalue weighted by Gasteiger charge is 2.17. The average molecular weight is 516 g/mol. The predicted octanol–water partition coefficient (Wildman–Crippen LogP) is 6.45. The van der Waals surface area contributed by atoms with E-state index in [1.807, 2.05) is 24.3 Å². The maximum absolute atomic E-state index is 12.8. The molecule has 1 aliphatic rings. The molecule has 0 atom stereocenters. The summed E-state index contributed by atoms with van der Waals surface area (Å²) in [6.07, 6.45) is 1.30. The van der Waals surface area contributed by atoms with Gasteiger partial charge in [-0.3, -0.25) is 4.79 Å². The van der Waals surface area contributed by atoms with Crippen LogP contribution in [0.25, 0.3) is 11.0 Å². The van der Waals surface area contributed by atoms with Crippen LogP contribution in [-0.4, -0.2) is 6.79 Å². The molecule has 0 N–H and O–H groups in total. The number of rotatable bonds is 5. The molecule has 162 valence electrons. The van der Waals surface area contributed by atoms with Gasteiger partial charge in [-0.05, 0) is 52.3 Å². The molecule has 0 saturated carbocycles. The van der Waals surface area contributed by atoms with Gasteiger partial charge in [0.05, 0.1) is 16.5 Å². The molecule has 0 fully saturated rings. The van der Waals surface area contributed by atoms with E-state index in [2.05, 4.69) is 15.9 Å². The second kappa shape index (κ2) is 8.86. The summed E-state index contributed by atoms with van der Waals surface area (Å²) in [5.74, 6) is 1.89. The smallest absolute Gasteiger partial charge is 0.235 e. The van der Waals surface area contributed by atoms with Crippen LogP contribution in [0.2, 0.25) is 5.02 Å². The molecule has 1 aromatic heterocycles. The minimum Gasteiger partial charge on any atom is -0.489 e. The predicted molar refractivity (Wildman–Crippen MR) is 123 cm³/mol. The summed E-state index contributed by atoms with van der Waals surface area (Å²) >= 11 is 9.61. The molecule has 0 saturated heterocycles. The van der Waals surface area contributed by atoms with Crippen molar-refractivity contribution in [2.45, 2.75) is 13.2 Å². The Bertz CT molecular complexity index is 1370. The zero-order valence-electron chi connectivity index (χ0n) is 16.6. The Morgan fingerprint density at radius 3 is 2.81 bits per heavy atom. The lowest BCUT2D eigenvalue weighted by atomic mass is 10.1. The first kappa shape index (κ1) is 20.9. The Balaban J connectivity index is 1.38. The molecule has 2 heterocycles. The van der Waals surface area contributed by atoms with Crippen LogP contribution < -0.4 is 19.6 Å². The van der Waals surface area contributed by atoms with E-state index in [0.717, 1.165) is 21.3 Å². The fourth-order valence-corrected chi connectivity index (χ4v) is 4.05. The SMILES string of the molecule is O=c1c(Oc2ccccc2Br)coc2cc(OCc3cc(Cl)cc4c3OCOC4)ccc12. The fourth-order valence-electron chi connectivity index (χ4n) is 3.42. The second-order valence-corrected chi connectivity index (χ2v) is 8.36. The van der Waals surface area contributed by atoms with Crippen molar-refractivity contribution >= 4 is 38.5 Å². The van der Waals surface area contributed by atoms with E-state index in [1.165, 1.54) is 6.26 Å². The van der Waals surface area contributed by atoms with Gasteiger partial charge in [0.25, 0.3) is 0 Å². The minimum atomic E-state index is -0.272. The number of fused-ring (bicyclic) bond motifs is 2. The van der Waals surface area contributed by atoms with E-state index in [1.54, 1.807) is 30.3 Å². The summed E-state index contributed by atoms with van der Waals surface area (Å²) in [6.45, 7) is 0.864. The van der Waals surface area contributed by atoms with Crippen LogP contribution in [-0.2, 0) is 18.0 Å². The fraction of sp³-hybridized carbons (Fsp3) is 0.125. The molecule has 1 aliphatic heterocycles. The number of para-hydroxylation sites is 1. The minimum absolute atomic E-state index is 0.1000. The maximum Gasteiger partial charge on any atom is 0.235 e. The van der Waals surface area contributed by atoms with Crippen molar-refractivity contribution in [3.63, 3.8) is 0 Å². The molecule has 3 aromatic carbocycles. The van der Waals surface area contributed by atoms with Gasteiger partial charge in [-0.25, -0.2) is 0 Å². The number of hydrogen-bond donors (Lipinski definition) is 0. The van der Waals surface area contributed by atoms with Crippen molar-refractivity contribution in [3.8, 4) is 23.0 Å². The summed E-state index contributed by atoms with van der Waals surface area (Å²) in [7, 11) is 0. The van der Waals surface area contributed by atoms with Gasteiger partial charge < -0.3 is 23.4 Å². The Morgan fingerprint density at radius 1 is 1.06 bits per heavy atom. The van der Waals surface area contributed by atoms with Gasteiger partial charge in [0.1, 0.15) is 35.7 Å². The van der Waals surface area contributed by atoms with Crippen molar-refractivity contribution in [2.24, 2.45) is 0 Å².